The molecule has 84 valence electrons. The third-order valence-corrected chi connectivity index (χ3v) is 3.19. The van der Waals surface area contributed by atoms with Crippen molar-refractivity contribution in [3.63, 3.8) is 0 Å². The first-order valence-corrected chi connectivity index (χ1v) is 5.82. The fraction of sp³-hybridized carbons (Fsp3) is 0.538. The number of halogens is 1. The van der Waals surface area contributed by atoms with Crippen LogP contribution in [0.5, 0.6) is 0 Å². The molecule has 0 aromatic heterocycles. The van der Waals surface area contributed by atoms with Crippen LogP contribution in [0, 0.1) is 0 Å². The molecule has 0 aliphatic carbocycles. The highest BCUT2D eigenvalue weighted by atomic mass is 35.5. The van der Waals surface area contributed by atoms with E-state index >= 15 is 0 Å². The van der Waals surface area contributed by atoms with Gasteiger partial charge in [0.25, 0.3) is 0 Å². The van der Waals surface area contributed by atoms with Crippen LogP contribution in [0.2, 0.25) is 5.02 Å². The Kier molecular flexibility index (Phi) is 4.18. The van der Waals surface area contributed by atoms with E-state index in [9.17, 15) is 0 Å². The lowest BCUT2D eigenvalue weighted by molar-refractivity contribution is 0.494. The van der Waals surface area contributed by atoms with Crippen LogP contribution in [0.1, 0.15) is 31.9 Å². The van der Waals surface area contributed by atoms with Crippen molar-refractivity contribution < 1.29 is 0 Å². The average Bonchev–Trinajstić information content (AvgIpc) is 2.17. The number of hydrogen-bond acceptors (Lipinski definition) is 1. The number of hydrogen-bond donors (Lipinski definition) is 1. The summed E-state index contributed by atoms with van der Waals surface area (Å²) >= 11 is 6.22. The van der Waals surface area contributed by atoms with Crippen LogP contribution in [-0.4, -0.2) is 13.6 Å². The predicted molar refractivity (Wildman–Crippen MR) is 67.8 cm³/mol. The Morgan fingerprint density at radius 1 is 1.33 bits per heavy atom. The topological polar surface area (TPSA) is 12.0 Å². The molecule has 0 atom stereocenters. The molecule has 0 aliphatic rings. The third-order valence-electron chi connectivity index (χ3n) is 2.83. The Morgan fingerprint density at radius 2 is 2.00 bits per heavy atom. The minimum absolute atomic E-state index is 0.130. The van der Waals surface area contributed by atoms with Crippen molar-refractivity contribution in [3.05, 3.63) is 34.3 Å². The Labute approximate surface area is 97.8 Å². The van der Waals surface area contributed by atoms with E-state index in [1.54, 1.807) is 0 Å². The zero-order chi connectivity index (χ0) is 11.5. The minimum Gasteiger partial charge on any atom is -0.319 e. The number of rotatable bonds is 4. The van der Waals surface area contributed by atoms with Gasteiger partial charge < -0.3 is 5.32 Å². The molecular formula is C13H20ClN. The van der Waals surface area contributed by atoms with E-state index in [1.165, 1.54) is 11.1 Å². The summed E-state index contributed by atoms with van der Waals surface area (Å²) in [6.45, 7) is 7.52. The number of nitrogens with one attached hydrogen (secondary N) is 1. The molecule has 0 saturated carbocycles. The van der Waals surface area contributed by atoms with Crippen molar-refractivity contribution in [2.75, 3.05) is 13.6 Å². The van der Waals surface area contributed by atoms with Gasteiger partial charge in [-0.2, -0.15) is 0 Å². The summed E-state index contributed by atoms with van der Waals surface area (Å²) in [5.74, 6) is 0. The van der Waals surface area contributed by atoms with E-state index < -0.39 is 0 Å². The molecule has 0 heterocycles. The second-order valence-corrected chi connectivity index (χ2v) is 4.98. The molecule has 0 bridgehead atoms. The lowest BCUT2D eigenvalue weighted by Crippen LogP contribution is -2.30. The van der Waals surface area contributed by atoms with E-state index in [4.69, 9.17) is 11.6 Å². The lowest BCUT2D eigenvalue weighted by atomic mass is 9.84. The molecule has 0 spiro atoms. The van der Waals surface area contributed by atoms with Crippen molar-refractivity contribution in [2.45, 2.75) is 32.6 Å². The summed E-state index contributed by atoms with van der Waals surface area (Å²) in [6.07, 6.45) is 0.992. The van der Waals surface area contributed by atoms with E-state index in [2.05, 4.69) is 44.3 Å². The fourth-order valence-corrected chi connectivity index (χ4v) is 2.11. The number of aryl methyl sites for hydroxylation is 1. The zero-order valence-corrected chi connectivity index (χ0v) is 10.8. The van der Waals surface area contributed by atoms with Crippen molar-refractivity contribution in [3.8, 4) is 0 Å². The largest absolute Gasteiger partial charge is 0.319 e. The van der Waals surface area contributed by atoms with E-state index in [-0.39, 0.29) is 5.41 Å². The first-order valence-electron chi connectivity index (χ1n) is 5.44. The standard InChI is InChI=1S/C13H20ClN/c1-5-10-6-7-11(8-12(10)14)13(2,3)9-15-4/h6-8,15H,5,9H2,1-4H3. The normalized spacial score (nSPS) is 11.8. The Bertz CT molecular complexity index is 331. The van der Waals surface area contributed by atoms with Gasteiger partial charge in [0, 0.05) is 17.0 Å². The van der Waals surface area contributed by atoms with Crippen LogP contribution in [-0.2, 0) is 11.8 Å². The van der Waals surface area contributed by atoms with E-state index in [0.717, 1.165) is 18.0 Å². The summed E-state index contributed by atoms with van der Waals surface area (Å²) in [5.41, 5.74) is 2.64. The lowest BCUT2D eigenvalue weighted by Gasteiger charge is -2.25. The maximum atomic E-state index is 6.22. The maximum absolute atomic E-state index is 6.22. The van der Waals surface area contributed by atoms with Crippen LogP contribution in [0.25, 0.3) is 0 Å². The molecule has 1 N–H and O–H groups in total. The SMILES string of the molecule is CCc1ccc(C(C)(C)CNC)cc1Cl. The smallest absolute Gasteiger partial charge is 0.0440 e. The van der Waals surface area contributed by atoms with Crippen molar-refractivity contribution in [2.24, 2.45) is 0 Å². The van der Waals surface area contributed by atoms with Gasteiger partial charge in [0.2, 0.25) is 0 Å². The van der Waals surface area contributed by atoms with Crippen molar-refractivity contribution >= 4 is 11.6 Å². The zero-order valence-electron chi connectivity index (χ0n) is 10.0. The molecule has 0 amide bonds. The molecule has 15 heavy (non-hydrogen) atoms. The van der Waals surface area contributed by atoms with Crippen LogP contribution < -0.4 is 5.32 Å². The fourth-order valence-electron chi connectivity index (χ4n) is 1.80. The molecule has 1 aromatic carbocycles. The highest BCUT2D eigenvalue weighted by Gasteiger charge is 2.20. The molecule has 1 rings (SSSR count). The molecule has 0 fully saturated rings. The van der Waals surface area contributed by atoms with Gasteiger partial charge >= 0.3 is 0 Å². The Hall–Kier alpha value is -0.530. The second-order valence-electron chi connectivity index (χ2n) is 4.57. The van der Waals surface area contributed by atoms with Crippen molar-refractivity contribution in [1.82, 2.24) is 5.32 Å². The van der Waals surface area contributed by atoms with Gasteiger partial charge in [-0.25, -0.2) is 0 Å². The van der Waals surface area contributed by atoms with Gasteiger partial charge in [-0.15, -0.1) is 0 Å². The van der Waals surface area contributed by atoms with E-state index in [1.807, 2.05) is 7.05 Å². The molecule has 0 saturated heterocycles. The highest BCUT2D eigenvalue weighted by Crippen LogP contribution is 2.27. The second kappa shape index (κ2) is 5.00. The summed E-state index contributed by atoms with van der Waals surface area (Å²) in [7, 11) is 1.98. The van der Waals surface area contributed by atoms with Crippen LogP contribution in [0.4, 0.5) is 0 Å². The molecular weight excluding hydrogens is 206 g/mol. The number of likely N-dealkylation sites (N-methyl/N-ethyl adjacent to an activating group) is 1. The third kappa shape index (κ3) is 2.96. The maximum Gasteiger partial charge on any atom is 0.0440 e. The molecule has 0 radical (unpaired) electrons. The summed E-state index contributed by atoms with van der Waals surface area (Å²) < 4.78 is 0. The van der Waals surface area contributed by atoms with Gasteiger partial charge in [0.1, 0.15) is 0 Å². The Balaban J connectivity index is 3.01. The Morgan fingerprint density at radius 3 is 2.47 bits per heavy atom. The van der Waals surface area contributed by atoms with Gasteiger partial charge in [-0.3, -0.25) is 0 Å². The van der Waals surface area contributed by atoms with Gasteiger partial charge in [-0.1, -0.05) is 44.5 Å². The van der Waals surface area contributed by atoms with Crippen LogP contribution in [0.3, 0.4) is 0 Å². The highest BCUT2D eigenvalue weighted by molar-refractivity contribution is 6.31. The first-order chi connectivity index (χ1) is 7.01. The van der Waals surface area contributed by atoms with Crippen molar-refractivity contribution in [1.29, 1.82) is 0 Å². The summed E-state index contributed by atoms with van der Waals surface area (Å²) in [4.78, 5) is 0. The van der Waals surface area contributed by atoms with Crippen LogP contribution in [0.15, 0.2) is 18.2 Å². The monoisotopic (exact) mass is 225 g/mol. The first kappa shape index (κ1) is 12.5. The summed E-state index contributed by atoms with van der Waals surface area (Å²) in [6, 6.07) is 6.41. The van der Waals surface area contributed by atoms with E-state index in [0.29, 0.717) is 0 Å². The molecule has 0 aliphatic heterocycles. The average molecular weight is 226 g/mol. The molecule has 2 heteroatoms. The molecule has 0 unspecified atom stereocenters. The predicted octanol–water partition coefficient (Wildman–Crippen LogP) is 3.40. The molecule has 1 aromatic rings. The molecule has 1 nitrogen and oxygen atoms in total. The van der Waals surface area contributed by atoms with Gasteiger partial charge in [-0.05, 0) is 30.7 Å². The van der Waals surface area contributed by atoms with Gasteiger partial charge in [0.15, 0.2) is 0 Å². The minimum atomic E-state index is 0.130. The van der Waals surface area contributed by atoms with Gasteiger partial charge in [0.05, 0.1) is 0 Å². The quantitative estimate of drug-likeness (QED) is 0.828. The summed E-state index contributed by atoms with van der Waals surface area (Å²) in [5, 5.41) is 4.10. The van der Waals surface area contributed by atoms with Crippen LogP contribution >= 0.6 is 11.6 Å². The number of benzene rings is 1.